The van der Waals surface area contributed by atoms with Crippen LogP contribution in [0.4, 0.5) is 5.82 Å². The molecule has 0 aromatic carbocycles. The van der Waals surface area contributed by atoms with E-state index in [0.717, 1.165) is 35.9 Å². The van der Waals surface area contributed by atoms with Crippen LogP contribution in [0.15, 0.2) is 17.5 Å². The van der Waals surface area contributed by atoms with Crippen molar-refractivity contribution < 1.29 is 0 Å². The fourth-order valence-electron chi connectivity index (χ4n) is 2.92. The molecule has 2 aromatic rings. The molecule has 0 spiro atoms. The summed E-state index contributed by atoms with van der Waals surface area (Å²) in [6.45, 7) is 1.50. The van der Waals surface area contributed by atoms with Crippen LogP contribution in [0.2, 0.25) is 0 Å². The average molecular weight is 444 g/mol. The molecule has 9 heteroatoms. The first kappa shape index (κ1) is 18.7. The number of rotatable bonds is 5. The summed E-state index contributed by atoms with van der Waals surface area (Å²) in [4.78, 5) is 12.8. The molecule has 8 nitrogen and oxygen atoms in total. The van der Waals surface area contributed by atoms with Crippen LogP contribution in [-0.4, -0.2) is 51.9 Å². The zero-order chi connectivity index (χ0) is 16.1. The Labute approximate surface area is 158 Å². The number of nitrogens with zero attached hydrogens (tertiary/aromatic N) is 5. The van der Waals surface area contributed by atoms with E-state index < -0.39 is 0 Å². The quantitative estimate of drug-likeness (QED) is 0.280. The van der Waals surface area contributed by atoms with Gasteiger partial charge in [0.1, 0.15) is 12.1 Å². The predicted octanol–water partition coefficient (Wildman–Crippen LogP) is 1.50. The Bertz CT molecular complexity index is 677. The van der Waals surface area contributed by atoms with Gasteiger partial charge >= 0.3 is 0 Å². The number of guanidine groups is 1. The molecule has 2 aromatic heterocycles. The zero-order valence-corrected chi connectivity index (χ0v) is 16.4. The monoisotopic (exact) mass is 444 g/mol. The maximum absolute atomic E-state index is 4.29. The molecule has 0 unspecified atom stereocenters. The highest BCUT2D eigenvalue weighted by molar-refractivity contribution is 14.0. The largest absolute Gasteiger partial charge is 0.368 e. The number of hydrogen-bond donors (Lipinski definition) is 3. The molecule has 1 aliphatic carbocycles. The summed E-state index contributed by atoms with van der Waals surface area (Å²) in [5.41, 5.74) is 0.828. The van der Waals surface area contributed by atoms with Crippen molar-refractivity contribution in [3.05, 3.63) is 12.5 Å². The fraction of sp³-hybridized carbons (Fsp3) is 0.600. The van der Waals surface area contributed by atoms with Gasteiger partial charge in [0.2, 0.25) is 0 Å². The molecule has 1 saturated carbocycles. The number of nitrogens with one attached hydrogen (secondary N) is 3. The minimum atomic E-state index is 0. The van der Waals surface area contributed by atoms with Crippen molar-refractivity contribution >= 4 is 46.8 Å². The van der Waals surface area contributed by atoms with Gasteiger partial charge < -0.3 is 16.0 Å². The van der Waals surface area contributed by atoms with Crippen LogP contribution in [-0.2, 0) is 7.05 Å². The van der Waals surface area contributed by atoms with Crippen LogP contribution in [0.5, 0.6) is 0 Å². The molecule has 1 fully saturated rings. The van der Waals surface area contributed by atoms with Gasteiger partial charge in [0.05, 0.1) is 11.6 Å². The number of aryl methyl sites for hydroxylation is 1. The topological polar surface area (TPSA) is 92.1 Å². The average Bonchev–Trinajstić information content (AvgIpc) is 3.21. The lowest BCUT2D eigenvalue weighted by molar-refractivity contribution is 0.615. The van der Waals surface area contributed by atoms with Gasteiger partial charge in [0.25, 0.3) is 0 Å². The second kappa shape index (κ2) is 9.00. The maximum atomic E-state index is 4.29. The Morgan fingerprint density at radius 3 is 2.83 bits per heavy atom. The lowest BCUT2D eigenvalue weighted by atomic mass is 10.2. The fourth-order valence-corrected chi connectivity index (χ4v) is 2.92. The van der Waals surface area contributed by atoms with Crippen molar-refractivity contribution in [3.8, 4) is 0 Å². The van der Waals surface area contributed by atoms with Gasteiger partial charge in [0.15, 0.2) is 11.6 Å². The number of halogens is 1. The summed E-state index contributed by atoms with van der Waals surface area (Å²) in [6.07, 6.45) is 8.43. The molecule has 0 saturated heterocycles. The van der Waals surface area contributed by atoms with Crippen molar-refractivity contribution in [2.24, 2.45) is 12.0 Å². The molecule has 24 heavy (non-hydrogen) atoms. The normalized spacial score (nSPS) is 15.3. The third kappa shape index (κ3) is 4.46. The number of aliphatic imine (C=N–C) groups is 1. The van der Waals surface area contributed by atoms with Crippen molar-refractivity contribution in [1.29, 1.82) is 0 Å². The Kier molecular flexibility index (Phi) is 7.00. The molecule has 0 atom stereocenters. The molecule has 0 aliphatic heterocycles. The van der Waals surface area contributed by atoms with E-state index in [0.29, 0.717) is 6.04 Å². The summed E-state index contributed by atoms with van der Waals surface area (Å²) < 4.78 is 1.74. The van der Waals surface area contributed by atoms with Crippen LogP contribution in [0.1, 0.15) is 25.7 Å². The number of aromatic nitrogens is 4. The standard InChI is InChI=1S/C15H24N8.HI/c1-16-15(22-11-5-3-4-6-11)18-8-7-17-13-12-9-21-23(2)14(12)20-10-19-13;/h9-11H,3-8H2,1-2H3,(H2,16,18,22)(H,17,19,20);1H. The highest BCUT2D eigenvalue weighted by Crippen LogP contribution is 2.18. The minimum absolute atomic E-state index is 0. The summed E-state index contributed by atoms with van der Waals surface area (Å²) >= 11 is 0. The lowest BCUT2D eigenvalue weighted by Gasteiger charge is -2.17. The smallest absolute Gasteiger partial charge is 0.191 e. The number of anilines is 1. The summed E-state index contributed by atoms with van der Waals surface area (Å²) in [5, 5.41) is 15.3. The highest BCUT2D eigenvalue weighted by atomic mass is 127. The summed E-state index contributed by atoms with van der Waals surface area (Å²) in [7, 11) is 3.68. The Hall–Kier alpha value is -1.65. The van der Waals surface area contributed by atoms with Gasteiger partial charge in [-0.2, -0.15) is 5.10 Å². The van der Waals surface area contributed by atoms with Crippen LogP contribution in [0.3, 0.4) is 0 Å². The zero-order valence-electron chi connectivity index (χ0n) is 14.1. The van der Waals surface area contributed by atoms with Crippen LogP contribution < -0.4 is 16.0 Å². The Morgan fingerprint density at radius 1 is 1.29 bits per heavy atom. The molecule has 0 amide bonds. The summed E-state index contributed by atoms with van der Waals surface area (Å²) in [5.74, 6) is 1.68. The van der Waals surface area contributed by atoms with E-state index in [1.54, 1.807) is 24.3 Å². The molecule has 2 heterocycles. The SMILES string of the molecule is CN=C(NCCNc1ncnc2c1cnn2C)NC1CCCC1.I. The first-order valence-electron chi connectivity index (χ1n) is 8.11. The molecule has 3 rings (SSSR count). The Balaban J connectivity index is 0.00000208. The molecule has 3 N–H and O–H groups in total. The van der Waals surface area contributed by atoms with Crippen molar-refractivity contribution in [2.45, 2.75) is 31.7 Å². The van der Waals surface area contributed by atoms with E-state index in [1.165, 1.54) is 25.7 Å². The van der Waals surface area contributed by atoms with Gasteiger partial charge in [-0.1, -0.05) is 12.8 Å². The van der Waals surface area contributed by atoms with Gasteiger partial charge in [-0.3, -0.25) is 9.67 Å². The lowest BCUT2D eigenvalue weighted by Crippen LogP contribution is -2.43. The van der Waals surface area contributed by atoms with E-state index in [4.69, 9.17) is 0 Å². The molecule has 132 valence electrons. The van der Waals surface area contributed by atoms with Crippen LogP contribution in [0, 0.1) is 0 Å². The third-order valence-corrected chi connectivity index (χ3v) is 4.16. The molecule has 0 bridgehead atoms. The third-order valence-electron chi connectivity index (χ3n) is 4.16. The van der Waals surface area contributed by atoms with E-state index in [-0.39, 0.29) is 24.0 Å². The van der Waals surface area contributed by atoms with E-state index in [2.05, 4.69) is 36.0 Å². The molecular formula is C15H25IN8. The highest BCUT2D eigenvalue weighted by Gasteiger charge is 2.15. The summed E-state index contributed by atoms with van der Waals surface area (Å²) in [6, 6.07) is 0.561. The first-order valence-corrected chi connectivity index (χ1v) is 8.11. The van der Waals surface area contributed by atoms with Crippen molar-refractivity contribution in [3.63, 3.8) is 0 Å². The predicted molar refractivity (Wildman–Crippen MR) is 107 cm³/mol. The Morgan fingerprint density at radius 2 is 2.08 bits per heavy atom. The first-order chi connectivity index (χ1) is 11.3. The van der Waals surface area contributed by atoms with Gasteiger partial charge in [-0.05, 0) is 12.8 Å². The number of fused-ring (bicyclic) bond motifs is 1. The molecule has 1 aliphatic rings. The van der Waals surface area contributed by atoms with E-state index >= 15 is 0 Å². The number of hydrogen-bond acceptors (Lipinski definition) is 5. The minimum Gasteiger partial charge on any atom is -0.368 e. The molecular weight excluding hydrogens is 419 g/mol. The van der Waals surface area contributed by atoms with Crippen LogP contribution >= 0.6 is 24.0 Å². The van der Waals surface area contributed by atoms with Crippen LogP contribution in [0.25, 0.3) is 11.0 Å². The second-order valence-corrected chi connectivity index (χ2v) is 5.78. The second-order valence-electron chi connectivity index (χ2n) is 5.78. The van der Waals surface area contributed by atoms with Gasteiger partial charge in [-0.15, -0.1) is 24.0 Å². The van der Waals surface area contributed by atoms with Gasteiger partial charge in [-0.25, -0.2) is 9.97 Å². The maximum Gasteiger partial charge on any atom is 0.191 e. The van der Waals surface area contributed by atoms with Gasteiger partial charge in [0, 0.05) is 33.2 Å². The van der Waals surface area contributed by atoms with Crippen molar-refractivity contribution in [2.75, 3.05) is 25.5 Å². The molecule has 0 radical (unpaired) electrons. The van der Waals surface area contributed by atoms with Crippen molar-refractivity contribution in [1.82, 2.24) is 30.4 Å². The van der Waals surface area contributed by atoms with E-state index in [1.807, 2.05) is 7.05 Å². The van der Waals surface area contributed by atoms with E-state index in [9.17, 15) is 0 Å².